The summed E-state index contributed by atoms with van der Waals surface area (Å²) < 4.78 is 47.4. The number of ether oxygens (including phenoxy) is 8. The number of alkyl carbamates (subject to hydrolysis) is 1. The molecule has 7 rings (SSSR count). The maximum Gasteiger partial charge on any atom is 0.408 e. The summed E-state index contributed by atoms with van der Waals surface area (Å²) in [4.78, 5) is 65.8. The molecule has 6 aromatic rings. The van der Waals surface area contributed by atoms with Crippen LogP contribution in [0.1, 0.15) is 38.8 Å². The third-order valence-corrected chi connectivity index (χ3v) is 12.0. The van der Waals surface area contributed by atoms with Gasteiger partial charge in [0, 0.05) is 17.5 Å². The molecule has 4 atom stereocenters. The van der Waals surface area contributed by atoms with Crippen molar-refractivity contribution in [3.63, 3.8) is 0 Å². The molecule has 0 unspecified atom stereocenters. The number of hydrogen-bond donors (Lipinski definition) is 4. The molecule has 0 bridgehead atoms. The van der Waals surface area contributed by atoms with E-state index >= 15 is 0 Å². The molecule has 0 saturated heterocycles. The number of rotatable bonds is 12. The molecule has 1 heterocycles. The number of amides is 4. The van der Waals surface area contributed by atoms with Crippen LogP contribution in [0.3, 0.4) is 0 Å². The van der Waals surface area contributed by atoms with E-state index in [1.165, 1.54) is 34.8 Å². The maximum absolute atomic E-state index is 14.1. The van der Waals surface area contributed by atoms with Crippen LogP contribution in [0, 0.1) is 0 Å². The number of methoxy groups -OCH3 is 1. The molecule has 0 aromatic heterocycles. The van der Waals surface area contributed by atoms with E-state index in [0.29, 0.717) is 28.6 Å². The van der Waals surface area contributed by atoms with Crippen molar-refractivity contribution in [2.24, 2.45) is 0 Å². The number of nitrogens with one attached hydrogen (secondary N) is 4. The monoisotopic (exact) mass is 998 g/mol. The molecule has 0 fully saturated rings. The second kappa shape index (κ2) is 25.5. The number of esters is 1. The lowest BCUT2D eigenvalue weighted by molar-refractivity contribution is -0.145. The van der Waals surface area contributed by atoms with Crippen molar-refractivity contribution < 1.29 is 61.9 Å². The van der Waals surface area contributed by atoms with E-state index in [9.17, 15) is 24.0 Å². The van der Waals surface area contributed by atoms with Crippen molar-refractivity contribution >= 4 is 51.3 Å². The van der Waals surface area contributed by atoms with E-state index in [0.717, 1.165) is 38.2 Å². The zero-order valence-electron chi connectivity index (χ0n) is 41.7. The van der Waals surface area contributed by atoms with E-state index in [4.69, 9.17) is 37.9 Å². The Morgan fingerprint density at radius 2 is 1.04 bits per heavy atom. The Morgan fingerprint density at radius 3 is 1.62 bits per heavy atom. The van der Waals surface area contributed by atoms with Gasteiger partial charge in [0.25, 0.3) is 0 Å². The van der Waals surface area contributed by atoms with Crippen LogP contribution in [0.5, 0.6) is 23.0 Å². The van der Waals surface area contributed by atoms with Gasteiger partial charge in [0.2, 0.25) is 17.7 Å². The molecule has 17 heteroatoms. The first-order valence-electron chi connectivity index (χ1n) is 24.2. The highest BCUT2D eigenvalue weighted by molar-refractivity contribution is 6.09. The Hall–Kier alpha value is -7.89. The van der Waals surface area contributed by atoms with Gasteiger partial charge < -0.3 is 59.2 Å². The summed E-state index contributed by atoms with van der Waals surface area (Å²) in [5.41, 5.74) is 1.44. The average Bonchev–Trinajstić information content (AvgIpc) is 3.39. The van der Waals surface area contributed by atoms with Crippen molar-refractivity contribution in [3.05, 3.63) is 132 Å². The van der Waals surface area contributed by atoms with E-state index in [-0.39, 0.29) is 65.9 Å². The SMILES string of the molecule is COC(=O)[C@H](C)NC(=O)[C@](C)(Cc1ccc2c(c1)OCCOCCOc1ccc3ccccc3c1-c1c(ccc3ccccc13)OCCOCCO2)NC(=O)[C@H](C)NC(=O)[C@H](C)NC(=O)OCc1ccccc1. The van der Waals surface area contributed by atoms with Crippen molar-refractivity contribution in [3.8, 4) is 34.1 Å². The lowest BCUT2D eigenvalue weighted by atomic mass is 9.90. The third-order valence-electron chi connectivity index (χ3n) is 12.0. The van der Waals surface area contributed by atoms with E-state index in [1.807, 2.05) is 66.7 Å². The van der Waals surface area contributed by atoms with Crippen molar-refractivity contribution in [2.75, 3.05) is 60.0 Å². The average molecular weight is 999 g/mol. The van der Waals surface area contributed by atoms with Crippen LogP contribution in [0.25, 0.3) is 32.7 Å². The van der Waals surface area contributed by atoms with Crippen LogP contribution < -0.4 is 40.2 Å². The normalized spacial score (nSPS) is 15.4. The first-order valence-corrected chi connectivity index (χ1v) is 24.2. The van der Waals surface area contributed by atoms with E-state index in [1.54, 1.807) is 30.3 Å². The fourth-order valence-electron chi connectivity index (χ4n) is 8.17. The topological polar surface area (TPSA) is 207 Å². The molecule has 1 aliphatic heterocycles. The Bertz CT molecular complexity index is 2880. The summed E-state index contributed by atoms with van der Waals surface area (Å²) in [7, 11) is 1.20. The molecular formula is C56H62N4O13. The number of benzene rings is 6. The quantitative estimate of drug-likeness (QED) is 0.0929. The first kappa shape index (κ1) is 52.9. The zero-order chi connectivity index (χ0) is 51.7. The minimum atomic E-state index is -1.71. The van der Waals surface area contributed by atoms with Crippen LogP contribution in [-0.2, 0) is 51.2 Å². The van der Waals surface area contributed by atoms with Gasteiger partial charge in [-0.05, 0) is 84.6 Å². The summed E-state index contributed by atoms with van der Waals surface area (Å²) in [6, 6.07) is 35.2. The predicted molar refractivity (Wildman–Crippen MR) is 274 cm³/mol. The molecule has 73 heavy (non-hydrogen) atoms. The van der Waals surface area contributed by atoms with Gasteiger partial charge in [-0.3, -0.25) is 14.4 Å². The van der Waals surface area contributed by atoms with Crippen LogP contribution in [0.15, 0.2) is 121 Å². The lowest BCUT2D eigenvalue weighted by Crippen LogP contribution is -2.63. The van der Waals surface area contributed by atoms with E-state index < -0.39 is 53.4 Å². The fourth-order valence-corrected chi connectivity index (χ4v) is 8.17. The summed E-state index contributed by atoms with van der Waals surface area (Å²) in [5.74, 6) is -0.706. The lowest BCUT2D eigenvalue weighted by Gasteiger charge is -2.32. The second-order valence-electron chi connectivity index (χ2n) is 17.6. The maximum atomic E-state index is 14.1. The fraction of sp³-hybridized carbons (Fsp3) is 0.339. The molecule has 384 valence electrons. The highest BCUT2D eigenvalue weighted by Gasteiger charge is 2.38. The molecule has 1 aliphatic rings. The number of carbonyl (C=O) groups excluding carboxylic acids is 5. The van der Waals surface area contributed by atoms with Gasteiger partial charge >= 0.3 is 12.1 Å². The van der Waals surface area contributed by atoms with Gasteiger partial charge in [0.05, 0.1) is 33.5 Å². The zero-order valence-corrected chi connectivity index (χ0v) is 41.7. The Labute approximate surface area is 424 Å². The number of hydrogen-bond acceptors (Lipinski definition) is 13. The summed E-state index contributed by atoms with van der Waals surface area (Å²) in [6.07, 6.45) is -0.927. The minimum absolute atomic E-state index is 0.00289. The molecular weight excluding hydrogens is 937 g/mol. The molecule has 4 amide bonds. The standard InChI is InChI=1S/C56H62N4O13/c1-36(59-55(65)73-35-39-13-7-6-8-14-39)51(61)57-37(2)52(62)60-56(4,54(64)58-38(3)53(63)66-5)34-40-19-22-45-48(33-40)72-32-28-68-27-31-71-47-24-21-42-16-10-12-18-44(42)50(47)49-43-17-11-9-15-41(43)20-23-46(49)70-30-26-67-25-29-69-45/h6-24,33,36-38H,25-32,34-35H2,1-5H3,(H,57,61)(H,58,64)(H,59,65)(H,60,62)/t36-,37-,38-,56-/m0/s1. The Balaban J connectivity index is 1.04. The van der Waals surface area contributed by atoms with Crippen LogP contribution in [0.2, 0.25) is 0 Å². The summed E-state index contributed by atoms with van der Waals surface area (Å²) in [5, 5.41) is 14.6. The van der Waals surface area contributed by atoms with Gasteiger partial charge in [-0.15, -0.1) is 0 Å². The predicted octanol–water partition coefficient (Wildman–Crippen LogP) is 6.84. The van der Waals surface area contributed by atoms with Crippen molar-refractivity contribution in [1.29, 1.82) is 0 Å². The molecule has 0 spiro atoms. The van der Waals surface area contributed by atoms with Gasteiger partial charge in [-0.25, -0.2) is 9.59 Å². The molecule has 4 N–H and O–H groups in total. The third kappa shape index (κ3) is 14.2. The minimum Gasteiger partial charge on any atom is -0.491 e. The largest absolute Gasteiger partial charge is 0.491 e. The van der Waals surface area contributed by atoms with Gasteiger partial charge in [-0.2, -0.15) is 0 Å². The summed E-state index contributed by atoms with van der Waals surface area (Å²) >= 11 is 0. The number of carbonyl (C=O) groups is 5. The highest BCUT2D eigenvalue weighted by Crippen LogP contribution is 2.45. The Kier molecular flexibility index (Phi) is 18.5. The van der Waals surface area contributed by atoms with Gasteiger partial charge in [0.1, 0.15) is 68.2 Å². The second-order valence-corrected chi connectivity index (χ2v) is 17.6. The number of fused-ring (bicyclic) bond motifs is 8. The molecule has 0 saturated carbocycles. The van der Waals surface area contributed by atoms with Crippen LogP contribution in [0.4, 0.5) is 4.79 Å². The molecule has 0 radical (unpaired) electrons. The van der Waals surface area contributed by atoms with Crippen LogP contribution >= 0.6 is 0 Å². The van der Waals surface area contributed by atoms with Gasteiger partial charge in [0.15, 0.2) is 11.5 Å². The van der Waals surface area contributed by atoms with Gasteiger partial charge in [-0.1, -0.05) is 97.1 Å². The molecule has 6 aromatic carbocycles. The summed E-state index contributed by atoms with van der Waals surface area (Å²) in [6.45, 7) is 7.55. The van der Waals surface area contributed by atoms with E-state index in [2.05, 4.69) is 45.5 Å². The highest BCUT2D eigenvalue weighted by atomic mass is 16.6. The van der Waals surface area contributed by atoms with Crippen molar-refractivity contribution in [2.45, 2.75) is 64.4 Å². The van der Waals surface area contributed by atoms with Crippen molar-refractivity contribution in [1.82, 2.24) is 21.3 Å². The molecule has 17 nitrogen and oxygen atoms in total. The Morgan fingerprint density at radius 1 is 0.534 bits per heavy atom. The smallest absolute Gasteiger partial charge is 0.408 e. The van der Waals surface area contributed by atoms with Crippen LogP contribution in [-0.4, -0.2) is 113 Å². The first-order chi connectivity index (χ1) is 35.3. The molecule has 0 aliphatic carbocycles.